The van der Waals surface area contributed by atoms with Gasteiger partial charge in [-0.1, -0.05) is 6.07 Å². The molecule has 4 aromatic rings. The van der Waals surface area contributed by atoms with Gasteiger partial charge >= 0.3 is 0 Å². The summed E-state index contributed by atoms with van der Waals surface area (Å²) < 4.78 is 2.07. The number of nitrogens with one attached hydrogen (secondary N) is 1. The van der Waals surface area contributed by atoms with E-state index in [1.807, 2.05) is 18.3 Å². The third kappa shape index (κ3) is 3.18. The minimum Gasteiger partial charge on any atom is -0.332 e. The summed E-state index contributed by atoms with van der Waals surface area (Å²) in [5.74, 6) is -0.301. The molecule has 7 heteroatoms. The number of hydrogen-bond acceptors (Lipinski definition) is 5. The quantitative estimate of drug-likeness (QED) is 0.578. The molecule has 1 N–H and O–H groups in total. The van der Waals surface area contributed by atoms with Crippen LogP contribution in [0.1, 0.15) is 23.0 Å². The number of nitriles is 1. The number of aromatic nitrogens is 3. The van der Waals surface area contributed by atoms with Gasteiger partial charge in [0.2, 0.25) is 0 Å². The highest BCUT2D eigenvalue weighted by atomic mass is 32.1. The molecule has 1 aromatic carbocycles. The molecule has 3 aromatic heterocycles. The summed E-state index contributed by atoms with van der Waals surface area (Å²) in [6.45, 7) is 2.87. The summed E-state index contributed by atoms with van der Waals surface area (Å²) >= 11 is 1.42. The Morgan fingerprint density at radius 1 is 1.33 bits per heavy atom. The van der Waals surface area contributed by atoms with Crippen molar-refractivity contribution in [2.75, 3.05) is 5.32 Å². The summed E-state index contributed by atoms with van der Waals surface area (Å²) in [4.78, 5) is 21.5. The zero-order chi connectivity index (χ0) is 18.8. The highest BCUT2D eigenvalue weighted by molar-refractivity contribution is 7.13. The molecule has 0 aliphatic carbocycles. The van der Waals surface area contributed by atoms with Crippen molar-refractivity contribution in [3.8, 4) is 16.6 Å². The summed E-state index contributed by atoms with van der Waals surface area (Å²) in [6.07, 6.45) is 3.79. The summed E-state index contributed by atoms with van der Waals surface area (Å²) in [7, 11) is 0. The molecule has 0 saturated heterocycles. The van der Waals surface area contributed by atoms with Crippen molar-refractivity contribution < 1.29 is 4.79 Å². The van der Waals surface area contributed by atoms with Gasteiger partial charge in [0.25, 0.3) is 5.91 Å². The Morgan fingerprint density at radius 3 is 3.04 bits per heavy atom. The normalized spacial score (nSPS) is 10.7. The fourth-order valence-corrected chi connectivity index (χ4v) is 3.72. The second-order valence-electron chi connectivity index (χ2n) is 5.89. The van der Waals surface area contributed by atoms with Crippen molar-refractivity contribution in [1.29, 1.82) is 5.26 Å². The maximum Gasteiger partial charge on any atom is 0.275 e. The molecule has 0 saturated carbocycles. The Morgan fingerprint density at radius 2 is 2.22 bits per heavy atom. The van der Waals surface area contributed by atoms with Gasteiger partial charge in [-0.15, -0.1) is 11.3 Å². The summed E-state index contributed by atoms with van der Waals surface area (Å²) in [5.41, 5.74) is 3.28. The number of hydrogen-bond donors (Lipinski definition) is 1. The van der Waals surface area contributed by atoms with Crippen molar-refractivity contribution in [3.63, 3.8) is 0 Å². The topological polar surface area (TPSA) is 83.6 Å². The van der Waals surface area contributed by atoms with E-state index in [9.17, 15) is 4.79 Å². The van der Waals surface area contributed by atoms with E-state index in [0.29, 0.717) is 16.9 Å². The van der Waals surface area contributed by atoms with Crippen LogP contribution in [0.2, 0.25) is 0 Å². The number of amides is 1. The number of fused-ring (bicyclic) bond motifs is 1. The number of aryl methyl sites for hydroxylation is 1. The molecule has 0 atom stereocenters. The van der Waals surface area contributed by atoms with Crippen LogP contribution >= 0.6 is 11.3 Å². The number of thiazole rings is 1. The predicted octanol–water partition coefficient (Wildman–Crippen LogP) is 4.30. The van der Waals surface area contributed by atoms with E-state index in [0.717, 1.165) is 28.1 Å². The average molecular weight is 373 g/mol. The molecule has 0 aliphatic rings. The lowest BCUT2D eigenvalue weighted by Gasteiger charge is -2.03. The summed E-state index contributed by atoms with van der Waals surface area (Å²) in [6, 6.07) is 12.8. The zero-order valence-corrected chi connectivity index (χ0v) is 15.3. The second-order valence-corrected chi connectivity index (χ2v) is 6.75. The van der Waals surface area contributed by atoms with Crippen molar-refractivity contribution in [1.82, 2.24) is 14.5 Å². The molecule has 0 aliphatic heterocycles. The first kappa shape index (κ1) is 16.9. The molecule has 6 nitrogen and oxygen atoms in total. The van der Waals surface area contributed by atoms with Crippen molar-refractivity contribution in [3.05, 3.63) is 65.4 Å². The molecule has 1 amide bonds. The van der Waals surface area contributed by atoms with Gasteiger partial charge in [0.15, 0.2) is 0 Å². The molecule has 27 heavy (non-hydrogen) atoms. The molecular weight excluding hydrogens is 358 g/mol. The highest BCUT2D eigenvalue weighted by Gasteiger charge is 2.16. The lowest BCUT2D eigenvalue weighted by atomic mass is 10.2. The van der Waals surface area contributed by atoms with Gasteiger partial charge < -0.3 is 9.88 Å². The molecule has 0 spiro atoms. The van der Waals surface area contributed by atoms with Crippen molar-refractivity contribution >= 4 is 34.0 Å². The van der Waals surface area contributed by atoms with Gasteiger partial charge in [0.1, 0.15) is 16.3 Å². The van der Waals surface area contributed by atoms with E-state index in [2.05, 4.69) is 32.8 Å². The van der Waals surface area contributed by atoms with E-state index >= 15 is 0 Å². The monoisotopic (exact) mass is 373 g/mol. The largest absolute Gasteiger partial charge is 0.332 e. The number of carbonyl (C=O) groups excluding carboxylic acids is 1. The number of carbonyl (C=O) groups is 1. The Labute approximate surface area is 159 Å². The Bertz CT molecular complexity index is 1180. The van der Waals surface area contributed by atoms with Crippen LogP contribution in [-0.4, -0.2) is 20.4 Å². The molecule has 0 bridgehead atoms. The van der Waals surface area contributed by atoms with E-state index in [1.165, 1.54) is 11.3 Å². The third-order valence-electron chi connectivity index (χ3n) is 4.19. The van der Waals surface area contributed by atoms with Gasteiger partial charge in [-0.25, -0.2) is 9.97 Å². The van der Waals surface area contributed by atoms with E-state index in [-0.39, 0.29) is 5.91 Å². The van der Waals surface area contributed by atoms with Crippen molar-refractivity contribution in [2.45, 2.75) is 13.5 Å². The number of anilines is 1. The minimum atomic E-state index is -0.301. The zero-order valence-electron chi connectivity index (χ0n) is 14.5. The van der Waals surface area contributed by atoms with Crippen LogP contribution < -0.4 is 5.32 Å². The molecule has 0 fully saturated rings. The molecular formula is C20H15N5OS. The lowest BCUT2D eigenvalue weighted by molar-refractivity contribution is 0.102. The van der Waals surface area contributed by atoms with E-state index in [1.54, 1.807) is 35.8 Å². The SMILES string of the molecule is CCn1cc(-c2nc(C(=O)Nc3cccc(C#N)c3)cs2)c2cccnc21. The Kier molecular flexibility index (Phi) is 4.40. The van der Waals surface area contributed by atoms with E-state index < -0.39 is 0 Å². The maximum atomic E-state index is 12.5. The lowest BCUT2D eigenvalue weighted by Crippen LogP contribution is -2.12. The molecule has 0 radical (unpaired) electrons. The first-order chi connectivity index (χ1) is 13.2. The summed E-state index contributed by atoms with van der Waals surface area (Å²) in [5, 5.41) is 15.3. The van der Waals surface area contributed by atoms with Crippen LogP contribution in [0.3, 0.4) is 0 Å². The second kappa shape index (κ2) is 7.02. The van der Waals surface area contributed by atoms with Gasteiger partial charge in [0.05, 0.1) is 11.6 Å². The highest BCUT2D eigenvalue weighted by Crippen LogP contribution is 2.32. The fraction of sp³-hybridized carbons (Fsp3) is 0.100. The number of nitrogens with zero attached hydrogens (tertiary/aromatic N) is 4. The van der Waals surface area contributed by atoms with Gasteiger partial charge in [0, 0.05) is 41.0 Å². The number of rotatable bonds is 4. The Balaban J connectivity index is 1.64. The van der Waals surface area contributed by atoms with Crippen molar-refractivity contribution in [2.24, 2.45) is 0 Å². The predicted molar refractivity (Wildman–Crippen MR) is 106 cm³/mol. The van der Waals surface area contributed by atoms with Crippen LogP contribution in [0.4, 0.5) is 5.69 Å². The third-order valence-corrected chi connectivity index (χ3v) is 5.07. The standard InChI is InChI=1S/C20H15N5OS/c1-2-25-11-16(15-7-4-8-22-18(15)25)20-24-17(12-27-20)19(26)23-14-6-3-5-13(9-14)10-21/h3-9,11-12H,2H2,1H3,(H,23,26). The van der Waals surface area contributed by atoms with Crippen LogP contribution in [0.5, 0.6) is 0 Å². The first-order valence-electron chi connectivity index (χ1n) is 8.41. The van der Waals surface area contributed by atoms with Crippen LogP contribution in [0, 0.1) is 11.3 Å². The minimum absolute atomic E-state index is 0.301. The van der Waals surface area contributed by atoms with E-state index in [4.69, 9.17) is 5.26 Å². The Hall–Kier alpha value is -3.50. The number of benzene rings is 1. The smallest absolute Gasteiger partial charge is 0.275 e. The van der Waals surface area contributed by atoms with Gasteiger partial charge in [-0.3, -0.25) is 4.79 Å². The maximum absolute atomic E-state index is 12.5. The van der Waals surface area contributed by atoms with Crippen LogP contribution in [-0.2, 0) is 6.54 Å². The van der Waals surface area contributed by atoms with Crippen LogP contribution in [0.25, 0.3) is 21.6 Å². The van der Waals surface area contributed by atoms with Crippen LogP contribution in [0.15, 0.2) is 54.2 Å². The molecule has 0 unspecified atom stereocenters. The molecule has 3 heterocycles. The fourth-order valence-electron chi connectivity index (χ4n) is 2.90. The first-order valence-corrected chi connectivity index (χ1v) is 9.29. The molecule has 132 valence electrons. The van der Waals surface area contributed by atoms with Gasteiger partial charge in [-0.05, 0) is 37.3 Å². The molecule has 4 rings (SSSR count). The van der Waals surface area contributed by atoms with Gasteiger partial charge in [-0.2, -0.15) is 5.26 Å². The average Bonchev–Trinajstić information content (AvgIpc) is 3.33. The number of pyridine rings is 1.